The lowest BCUT2D eigenvalue weighted by atomic mass is 10.0. The third-order valence-electron chi connectivity index (χ3n) is 3.85. The number of rotatable bonds is 3. The number of nitrogens with one attached hydrogen (secondary N) is 1. The van der Waals surface area contributed by atoms with Crippen LogP contribution in [-0.4, -0.2) is 10.5 Å². The van der Waals surface area contributed by atoms with Crippen LogP contribution in [0.5, 0.6) is 0 Å². The van der Waals surface area contributed by atoms with E-state index in [1.807, 2.05) is 0 Å². The van der Waals surface area contributed by atoms with Crippen molar-refractivity contribution in [1.29, 1.82) is 0 Å². The number of nitrogens with two attached hydrogens (primary N) is 1. The zero-order chi connectivity index (χ0) is 12.0. The number of fused-ring (bicyclic) bond motifs is 1. The summed E-state index contributed by atoms with van der Waals surface area (Å²) in [4.78, 5) is 3.45. The predicted octanol–water partition coefficient (Wildman–Crippen LogP) is 3.66. The van der Waals surface area contributed by atoms with Crippen LogP contribution in [-0.2, 0) is 6.42 Å². The lowest BCUT2D eigenvalue weighted by Gasteiger charge is -2.08. The molecule has 0 atom stereocenters. The van der Waals surface area contributed by atoms with Gasteiger partial charge in [-0.05, 0) is 56.4 Å². The highest BCUT2D eigenvalue weighted by molar-refractivity contribution is 9.10. The number of aromatic nitrogens is 1. The highest BCUT2D eigenvalue weighted by atomic mass is 79.9. The van der Waals surface area contributed by atoms with Crippen LogP contribution in [0, 0.1) is 6.92 Å². The molecule has 2 aromatic rings. The fourth-order valence-electron chi connectivity index (χ4n) is 2.46. The van der Waals surface area contributed by atoms with Crippen molar-refractivity contribution >= 4 is 26.8 Å². The molecule has 1 aliphatic carbocycles. The Kier molecular flexibility index (Phi) is 2.56. The topological polar surface area (TPSA) is 41.8 Å². The van der Waals surface area contributed by atoms with E-state index in [-0.39, 0.29) is 5.54 Å². The third kappa shape index (κ3) is 2.14. The summed E-state index contributed by atoms with van der Waals surface area (Å²) in [6, 6.07) is 6.41. The second kappa shape index (κ2) is 3.85. The molecule has 0 unspecified atom stereocenters. The van der Waals surface area contributed by atoms with Gasteiger partial charge in [0.2, 0.25) is 0 Å². The number of halogens is 1. The van der Waals surface area contributed by atoms with Crippen molar-refractivity contribution in [3.63, 3.8) is 0 Å². The van der Waals surface area contributed by atoms with E-state index in [0.29, 0.717) is 0 Å². The van der Waals surface area contributed by atoms with Crippen LogP contribution in [0.15, 0.2) is 22.7 Å². The minimum Gasteiger partial charge on any atom is -0.358 e. The van der Waals surface area contributed by atoms with Gasteiger partial charge in [-0.3, -0.25) is 0 Å². The zero-order valence-corrected chi connectivity index (χ0v) is 11.6. The largest absolute Gasteiger partial charge is 0.358 e. The Balaban J connectivity index is 1.96. The first-order chi connectivity index (χ1) is 8.07. The molecule has 90 valence electrons. The second-order valence-electron chi connectivity index (χ2n) is 5.28. The predicted molar refractivity (Wildman–Crippen MR) is 75.2 cm³/mol. The molecular weight excluding hydrogens is 276 g/mol. The quantitative estimate of drug-likeness (QED) is 0.891. The normalized spacial score (nSPS) is 17.6. The first kappa shape index (κ1) is 11.3. The molecule has 0 bridgehead atoms. The number of H-pyrrole nitrogens is 1. The molecule has 17 heavy (non-hydrogen) atoms. The highest BCUT2D eigenvalue weighted by Gasteiger charge is 2.37. The summed E-state index contributed by atoms with van der Waals surface area (Å²) < 4.78 is 1.14. The summed E-state index contributed by atoms with van der Waals surface area (Å²) in [6.45, 7) is 2.15. The molecule has 1 aliphatic rings. The average Bonchev–Trinajstić information content (AvgIpc) is 2.92. The molecule has 1 heterocycles. The molecule has 0 spiro atoms. The van der Waals surface area contributed by atoms with Gasteiger partial charge in [0, 0.05) is 26.6 Å². The third-order valence-corrected chi connectivity index (χ3v) is 4.34. The van der Waals surface area contributed by atoms with Crippen LogP contribution < -0.4 is 5.73 Å². The number of aryl methyl sites for hydroxylation is 2. The fourth-order valence-corrected chi connectivity index (χ4v) is 2.82. The van der Waals surface area contributed by atoms with Gasteiger partial charge >= 0.3 is 0 Å². The van der Waals surface area contributed by atoms with Crippen LogP contribution >= 0.6 is 15.9 Å². The standard InChI is InChI=1S/C14H17BrN2/c1-9-11(4-5-14(16)6-7-14)12-8-10(15)2-3-13(12)17-9/h2-3,8,17H,4-7,16H2,1H3. The lowest BCUT2D eigenvalue weighted by molar-refractivity contribution is 0.609. The van der Waals surface area contributed by atoms with Crippen LogP contribution in [0.3, 0.4) is 0 Å². The Morgan fingerprint density at radius 1 is 1.41 bits per heavy atom. The molecule has 3 heteroatoms. The molecule has 1 aromatic heterocycles. The summed E-state index contributed by atoms with van der Waals surface area (Å²) in [5.74, 6) is 0. The Labute approximate surface area is 110 Å². The second-order valence-corrected chi connectivity index (χ2v) is 6.20. The molecule has 3 N–H and O–H groups in total. The Bertz CT molecular complexity index is 567. The number of hydrogen-bond acceptors (Lipinski definition) is 1. The van der Waals surface area contributed by atoms with E-state index in [4.69, 9.17) is 5.73 Å². The maximum Gasteiger partial charge on any atom is 0.0459 e. The van der Waals surface area contributed by atoms with Crippen molar-refractivity contribution in [2.24, 2.45) is 5.73 Å². The monoisotopic (exact) mass is 292 g/mol. The van der Waals surface area contributed by atoms with Gasteiger partial charge < -0.3 is 10.7 Å². The van der Waals surface area contributed by atoms with E-state index >= 15 is 0 Å². The fraction of sp³-hybridized carbons (Fsp3) is 0.429. The van der Waals surface area contributed by atoms with Gasteiger partial charge in [0.15, 0.2) is 0 Å². The SMILES string of the molecule is Cc1[nH]c2ccc(Br)cc2c1CCC1(N)CC1. The van der Waals surface area contributed by atoms with Crippen molar-refractivity contribution < 1.29 is 0 Å². The van der Waals surface area contributed by atoms with Crippen LogP contribution in [0.2, 0.25) is 0 Å². The minimum absolute atomic E-state index is 0.141. The molecule has 0 radical (unpaired) electrons. The van der Waals surface area contributed by atoms with E-state index in [1.165, 1.54) is 35.0 Å². The summed E-state index contributed by atoms with van der Waals surface area (Å²) in [6.07, 6.45) is 4.57. The zero-order valence-electron chi connectivity index (χ0n) is 10.0. The van der Waals surface area contributed by atoms with Gasteiger partial charge in [0.25, 0.3) is 0 Å². The van der Waals surface area contributed by atoms with E-state index in [1.54, 1.807) is 0 Å². The van der Waals surface area contributed by atoms with Gasteiger partial charge in [0.05, 0.1) is 0 Å². The molecule has 0 amide bonds. The van der Waals surface area contributed by atoms with E-state index in [0.717, 1.165) is 17.3 Å². The first-order valence-electron chi connectivity index (χ1n) is 6.13. The molecule has 1 aromatic carbocycles. The van der Waals surface area contributed by atoms with Crippen LogP contribution in [0.4, 0.5) is 0 Å². The number of benzene rings is 1. The van der Waals surface area contributed by atoms with Gasteiger partial charge in [-0.15, -0.1) is 0 Å². The summed E-state index contributed by atoms with van der Waals surface area (Å²) in [7, 11) is 0. The molecule has 0 saturated heterocycles. The Morgan fingerprint density at radius 2 is 2.18 bits per heavy atom. The first-order valence-corrected chi connectivity index (χ1v) is 6.92. The highest BCUT2D eigenvalue weighted by Crippen LogP contribution is 2.38. The van der Waals surface area contributed by atoms with Crippen LogP contribution in [0.1, 0.15) is 30.5 Å². The van der Waals surface area contributed by atoms with Crippen molar-refractivity contribution in [3.8, 4) is 0 Å². The van der Waals surface area contributed by atoms with Crippen molar-refractivity contribution in [2.45, 2.75) is 38.1 Å². The molecule has 1 saturated carbocycles. The van der Waals surface area contributed by atoms with Gasteiger partial charge in [0.1, 0.15) is 0 Å². The van der Waals surface area contributed by atoms with Crippen LogP contribution in [0.25, 0.3) is 10.9 Å². The van der Waals surface area contributed by atoms with Crippen molar-refractivity contribution in [2.75, 3.05) is 0 Å². The Morgan fingerprint density at radius 3 is 2.88 bits per heavy atom. The van der Waals surface area contributed by atoms with Gasteiger partial charge in [-0.2, -0.15) is 0 Å². The number of hydrogen-bond donors (Lipinski definition) is 2. The summed E-state index contributed by atoms with van der Waals surface area (Å²) in [5.41, 5.74) is 10.2. The average molecular weight is 293 g/mol. The summed E-state index contributed by atoms with van der Waals surface area (Å²) >= 11 is 3.54. The van der Waals surface area contributed by atoms with E-state index < -0.39 is 0 Å². The molecular formula is C14H17BrN2. The van der Waals surface area contributed by atoms with Crippen molar-refractivity contribution in [1.82, 2.24) is 4.98 Å². The minimum atomic E-state index is 0.141. The smallest absolute Gasteiger partial charge is 0.0459 e. The number of aromatic amines is 1. The van der Waals surface area contributed by atoms with Gasteiger partial charge in [-0.25, -0.2) is 0 Å². The maximum absolute atomic E-state index is 6.17. The Hall–Kier alpha value is -0.800. The molecule has 3 rings (SSSR count). The molecule has 2 nitrogen and oxygen atoms in total. The maximum atomic E-state index is 6.17. The summed E-state index contributed by atoms with van der Waals surface area (Å²) in [5, 5.41) is 1.33. The molecule has 1 fully saturated rings. The van der Waals surface area contributed by atoms with E-state index in [2.05, 4.69) is 46.0 Å². The van der Waals surface area contributed by atoms with E-state index in [9.17, 15) is 0 Å². The molecule has 0 aliphatic heterocycles. The van der Waals surface area contributed by atoms with Gasteiger partial charge in [-0.1, -0.05) is 15.9 Å². The van der Waals surface area contributed by atoms with Crippen molar-refractivity contribution in [3.05, 3.63) is 33.9 Å². The lowest BCUT2D eigenvalue weighted by Crippen LogP contribution is -2.22.